The highest BCUT2D eigenvalue weighted by molar-refractivity contribution is 6.03. The van der Waals surface area contributed by atoms with Gasteiger partial charge in [-0.15, -0.1) is 0 Å². The van der Waals surface area contributed by atoms with E-state index in [9.17, 15) is 9.18 Å². The van der Waals surface area contributed by atoms with Gasteiger partial charge < -0.3 is 0 Å². The Balaban J connectivity index is 1.41. The average molecular weight is 445 g/mol. The number of nitrogens with one attached hydrogen (secondary N) is 1. The topological polar surface area (TPSA) is 75.9 Å². The fourth-order valence-corrected chi connectivity index (χ4v) is 4.25. The minimum atomic E-state index is -0.393. The zero-order chi connectivity index (χ0) is 22.8. The molecule has 168 valence electrons. The first-order valence-electron chi connectivity index (χ1n) is 11.1. The van der Waals surface area contributed by atoms with Gasteiger partial charge in [-0.05, 0) is 61.8 Å². The minimum Gasteiger partial charge on any atom is -0.298 e. The third kappa shape index (κ3) is 4.61. The van der Waals surface area contributed by atoms with Crippen LogP contribution in [0.25, 0.3) is 22.0 Å². The highest BCUT2D eigenvalue weighted by Gasteiger charge is 2.17. The number of amides is 1. The molecule has 2 aromatic carbocycles. The molecule has 1 fully saturated rings. The number of fused-ring (bicyclic) bond motifs is 1. The van der Waals surface area contributed by atoms with Crippen molar-refractivity contribution < 1.29 is 9.18 Å². The van der Waals surface area contributed by atoms with Crippen LogP contribution in [0.4, 0.5) is 10.3 Å². The van der Waals surface area contributed by atoms with Gasteiger partial charge in [-0.2, -0.15) is 5.10 Å². The lowest BCUT2D eigenvalue weighted by molar-refractivity contribution is 0.102. The first kappa shape index (κ1) is 21.2. The van der Waals surface area contributed by atoms with Gasteiger partial charge in [0.2, 0.25) is 5.95 Å². The molecule has 0 bridgehead atoms. The predicted molar refractivity (Wildman–Crippen MR) is 125 cm³/mol. The number of aryl methyl sites for hydroxylation is 1. The van der Waals surface area contributed by atoms with Gasteiger partial charge in [0.25, 0.3) is 5.91 Å². The Morgan fingerprint density at radius 1 is 1.06 bits per heavy atom. The number of likely N-dealkylation sites (tertiary alicyclic amines) is 1. The van der Waals surface area contributed by atoms with Crippen molar-refractivity contribution in [2.75, 3.05) is 18.4 Å². The second-order valence-electron chi connectivity index (χ2n) is 8.39. The normalized spacial score (nSPS) is 14.5. The molecule has 4 aromatic rings. The molecule has 7 nitrogen and oxygen atoms in total. The average Bonchev–Trinajstić information content (AvgIpc) is 3.19. The molecule has 0 spiro atoms. The second-order valence-corrected chi connectivity index (χ2v) is 8.39. The van der Waals surface area contributed by atoms with Crippen molar-refractivity contribution in [2.24, 2.45) is 7.05 Å². The van der Waals surface area contributed by atoms with Crippen LogP contribution in [0.3, 0.4) is 0 Å². The quantitative estimate of drug-likeness (QED) is 0.494. The molecule has 0 atom stereocenters. The van der Waals surface area contributed by atoms with Gasteiger partial charge in [-0.25, -0.2) is 14.4 Å². The molecule has 1 amide bonds. The van der Waals surface area contributed by atoms with Crippen molar-refractivity contribution >= 4 is 22.8 Å². The molecule has 33 heavy (non-hydrogen) atoms. The lowest BCUT2D eigenvalue weighted by Gasteiger charge is -2.26. The van der Waals surface area contributed by atoms with Crippen LogP contribution in [-0.4, -0.2) is 43.6 Å². The second kappa shape index (κ2) is 9.07. The Labute approximate surface area is 191 Å². The van der Waals surface area contributed by atoms with E-state index in [1.807, 2.05) is 30.1 Å². The molecule has 0 saturated carbocycles. The van der Waals surface area contributed by atoms with Crippen molar-refractivity contribution in [2.45, 2.75) is 25.8 Å². The van der Waals surface area contributed by atoms with E-state index in [-0.39, 0.29) is 11.9 Å². The van der Waals surface area contributed by atoms with Gasteiger partial charge in [-0.1, -0.05) is 18.6 Å². The number of hydrogen-bond acceptors (Lipinski definition) is 5. The summed E-state index contributed by atoms with van der Waals surface area (Å²) in [7, 11) is 1.98. The molecule has 2 aromatic heterocycles. The van der Waals surface area contributed by atoms with Crippen LogP contribution in [-0.2, 0) is 13.6 Å². The summed E-state index contributed by atoms with van der Waals surface area (Å²) in [6, 6.07) is 11.4. The standard InChI is InChI=1S/C25H25FN6O/c1-31-23(16-32-11-3-2-4-12-32)21(15-28-31)18-5-6-19-14-27-25(29-22(19)13-18)30-24(33)17-7-9-20(26)10-8-17/h5-10,13-15H,2-4,11-12,16H2,1H3,(H,27,29,30,33). The number of piperidine rings is 1. The van der Waals surface area contributed by atoms with Gasteiger partial charge in [0, 0.05) is 36.3 Å². The maximum atomic E-state index is 13.1. The summed E-state index contributed by atoms with van der Waals surface area (Å²) >= 11 is 0. The van der Waals surface area contributed by atoms with Gasteiger partial charge in [0.05, 0.1) is 17.4 Å². The van der Waals surface area contributed by atoms with Crippen LogP contribution in [0.15, 0.2) is 54.9 Å². The number of rotatable bonds is 5. The largest absolute Gasteiger partial charge is 0.298 e. The van der Waals surface area contributed by atoms with Crippen LogP contribution in [0.2, 0.25) is 0 Å². The molecule has 5 rings (SSSR count). The van der Waals surface area contributed by atoms with Crippen molar-refractivity contribution in [1.29, 1.82) is 0 Å². The van der Waals surface area contributed by atoms with Crippen LogP contribution in [0, 0.1) is 5.82 Å². The summed E-state index contributed by atoms with van der Waals surface area (Å²) in [5.41, 5.74) is 4.35. The van der Waals surface area contributed by atoms with Crippen molar-refractivity contribution in [3.05, 3.63) is 71.9 Å². The summed E-state index contributed by atoms with van der Waals surface area (Å²) in [5, 5.41) is 8.08. The zero-order valence-electron chi connectivity index (χ0n) is 18.5. The Kier molecular flexibility index (Phi) is 5.83. The van der Waals surface area contributed by atoms with E-state index >= 15 is 0 Å². The molecular formula is C25H25FN6O. The SMILES string of the molecule is Cn1ncc(-c2ccc3cnc(NC(=O)c4ccc(F)cc4)nc3c2)c1CN1CCCCC1. The fraction of sp³-hybridized carbons (Fsp3) is 0.280. The number of carbonyl (C=O) groups excluding carboxylic acids is 1. The van der Waals surface area contributed by atoms with Crippen LogP contribution in [0.5, 0.6) is 0 Å². The maximum Gasteiger partial charge on any atom is 0.258 e. The van der Waals surface area contributed by atoms with E-state index < -0.39 is 5.82 Å². The molecule has 1 aliphatic heterocycles. The van der Waals surface area contributed by atoms with Gasteiger partial charge in [-0.3, -0.25) is 19.7 Å². The van der Waals surface area contributed by atoms with E-state index in [4.69, 9.17) is 0 Å². The third-order valence-electron chi connectivity index (χ3n) is 6.11. The number of aromatic nitrogens is 4. The summed E-state index contributed by atoms with van der Waals surface area (Å²) in [6.07, 6.45) is 7.38. The highest BCUT2D eigenvalue weighted by atomic mass is 19.1. The van der Waals surface area contributed by atoms with Gasteiger partial charge in [0.15, 0.2) is 0 Å². The number of anilines is 1. The number of carbonyl (C=O) groups is 1. The Hall–Kier alpha value is -3.65. The maximum absolute atomic E-state index is 13.1. The molecule has 0 unspecified atom stereocenters. The predicted octanol–water partition coefficient (Wildman–Crippen LogP) is 4.41. The van der Waals surface area contributed by atoms with E-state index in [1.54, 1.807) is 6.20 Å². The van der Waals surface area contributed by atoms with E-state index in [2.05, 4.69) is 31.3 Å². The first-order valence-corrected chi connectivity index (χ1v) is 11.1. The van der Waals surface area contributed by atoms with Crippen LogP contribution in [0.1, 0.15) is 35.3 Å². The van der Waals surface area contributed by atoms with E-state index in [0.29, 0.717) is 5.56 Å². The Morgan fingerprint density at radius 3 is 2.64 bits per heavy atom. The number of hydrogen-bond donors (Lipinski definition) is 1. The molecule has 1 aliphatic rings. The molecule has 1 saturated heterocycles. The molecule has 0 radical (unpaired) electrons. The molecule has 3 heterocycles. The summed E-state index contributed by atoms with van der Waals surface area (Å²) in [4.78, 5) is 23.7. The van der Waals surface area contributed by atoms with Crippen molar-refractivity contribution in [3.63, 3.8) is 0 Å². The first-order chi connectivity index (χ1) is 16.1. The minimum absolute atomic E-state index is 0.203. The number of halogens is 1. The van der Waals surface area contributed by atoms with Crippen molar-refractivity contribution in [3.8, 4) is 11.1 Å². The highest BCUT2D eigenvalue weighted by Crippen LogP contribution is 2.28. The Bertz CT molecular complexity index is 1290. The fourth-order valence-electron chi connectivity index (χ4n) is 4.25. The summed E-state index contributed by atoms with van der Waals surface area (Å²) in [6.45, 7) is 3.10. The smallest absolute Gasteiger partial charge is 0.258 e. The van der Waals surface area contributed by atoms with Crippen molar-refractivity contribution in [1.82, 2.24) is 24.6 Å². The summed E-state index contributed by atoms with van der Waals surface area (Å²) in [5.74, 6) is -0.577. The zero-order valence-corrected chi connectivity index (χ0v) is 18.5. The van der Waals surface area contributed by atoms with E-state index in [0.717, 1.165) is 41.7 Å². The number of benzene rings is 2. The lowest BCUT2D eigenvalue weighted by atomic mass is 10.0. The summed E-state index contributed by atoms with van der Waals surface area (Å²) < 4.78 is 15.1. The monoisotopic (exact) mass is 444 g/mol. The van der Waals surface area contributed by atoms with Gasteiger partial charge in [0.1, 0.15) is 5.82 Å². The van der Waals surface area contributed by atoms with Crippen LogP contribution < -0.4 is 5.32 Å². The lowest BCUT2D eigenvalue weighted by Crippen LogP contribution is -2.30. The van der Waals surface area contributed by atoms with Gasteiger partial charge >= 0.3 is 0 Å². The molecule has 0 aliphatic carbocycles. The molecule has 8 heteroatoms. The van der Waals surface area contributed by atoms with Crippen LogP contribution >= 0.6 is 0 Å². The van der Waals surface area contributed by atoms with E-state index in [1.165, 1.54) is 49.2 Å². The third-order valence-corrected chi connectivity index (χ3v) is 6.11. The molecular weight excluding hydrogens is 419 g/mol. The molecule has 1 N–H and O–H groups in total. The number of nitrogens with zero attached hydrogens (tertiary/aromatic N) is 5. The Morgan fingerprint density at radius 2 is 1.85 bits per heavy atom.